The Morgan fingerprint density at radius 2 is 1.94 bits per heavy atom. The summed E-state index contributed by atoms with van der Waals surface area (Å²) < 4.78 is 11.9. The number of hydrazone groups is 1. The second-order valence-electron chi connectivity index (χ2n) is 6.43. The van der Waals surface area contributed by atoms with Crippen LogP contribution in [0.25, 0.3) is 0 Å². The Hall–Kier alpha value is -3.43. The minimum absolute atomic E-state index is 0.0118. The van der Waals surface area contributed by atoms with Gasteiger partial charge in [-0.1, -0.05) is 23.7 Å². The lowest BCUT2D eigenvalue weighted by Gasteiger charge is -2.13. The van der Waals surface area contributed by atoms with Crippen LogP contribution in [0.2, 0.25) is 5.02 Å². The molecule has 3 rings (SSSR count). The molecule has 0 fully saturated rings. The van der Waals surface area contributed by atoms with Gasteiger partial charge >= 0.3 is 0 Å². The van der Waals surface area contributed by atoms with Crippen molar-refractivity contribution in [2.24, 2.45) is 5.10 Å². The smallest absolute Gasteiger partial charge is 0.272 e. The summed E-state index contributed by atoms with van der Waals surface area (Å²) in [4.78, 5) is 22.5. The Morgan fingerprint density at radius 3 is 2.59 bits per heavy atom. The summed E-state index contributed by atoms with van der Waals surface area (Å²) in [7, 11) is 1.50. The van der Waals surface area contributed by atoms with Crippen molar-refractivity contribution in [2.75, 3.05) is 7.11 Å². The highest BCUT2D eigenvalue weighted by Crippen LogP contribution is 2.37. The molecule has 0 bridgehead atoms. The van der Waals surface area contributed by atoms with E-state index in [1.807, 2.05) is 0 Å². The monoisotopic (exact) mass is 517 g/mol. The molecule has 164 valence electrons. The van der Waals surface area contributed by atoms with E-state index in [1.165, 1.54) is 25.5 Å². The van der Waals surface area contributed by atoms with Gasteiger partial charge in [0.2, 0.25) is 0 Å². The molecule has 0 spiro atoms. The Labute approximate surface area is 197 Å². The molecule has 0 aromatic heterocycles. The van der Waals surface area contributed by atoms with Crippen molar-refractivity contribution in [2.45, 2.75) is 6.61 Å². The van der Waals surface area contributed by atoms with Crippen molar-refractivity contribution in [1.82, 2.24) is 5.43 Å². The van der Waals surface area contributed by atoms with E-state index in [-0.39, 0.29) is 12.3 Å². The van der Waals surface area contributed by atoms with Crippen molar-refractivity contribution >= 4 is 45.3 Å². The first-order valence-corrected chi connectivity index (χ1v) is 10.4. The number of hydrogen-bond donors (Lipinski definition) is 1. The van der Waals surface area contributed by atoms with Gasteiger partial charge in [-0.2, -0.15) is 5.10 Å². The van der Waals surface area contributed by atoms with Gasteiger partial charge in [-0.3, -0.25) is 14.9 Å². The number of ether oxygens (including phenoxy) is 2. The fourth-order valence-corrected chi connectivity index (χ4v) is 3.49. The van der Waals surface area contributed by atoms with Gasteiger partial charge in [0.25, 0.3) is 11.6 Å². The van der Waals surface area contributed by atoms with E-state index in [1.54, 1.807) is 48.5 Å². The topological polar surface area (TPSA) is 103 Å². The fourth-order valence-electron chi connectivity index (χ4n) is 2.69. The van der Waals surface area contributed by atoms with E-state index in [9.17, 15) is 14.9 Å². The molecule has 0 unspecified atom stereocenters. The first kappa shape index (κ1) is 23.2. The quantitative estimate of drug-likeness (QED) is 0.246. The minimum Gasteiger partial charge on any atom is -0.493 e. The summed E-state index contributed by atoms with van der Waals surface area (Å²) in [5, 5.41) is 15.1. The lowest BCUT2D eigenvalue weighted by atomic mass is 10.2. The van der Waals surface area contributed by atoms with Crippen molar-refractivity contribution in [3.8, 4) is 11.5 Å². The summed E-state index contributed by atoms with van der Waals surface area (Å²) in [6, 6.07) is 16.2. The third kappa shape index (κ3) is 5.83. The fraction of sp³-hybridized carbons (Fsp3) is 0.0909. The Morgan fingerprint density at radius 1 is 1.22 bits per heavy atom. The number of nitrogens with zero attached hydrogens (tertiary/aromatic N) is 2. The van der Waals surface area contributed by atoms with Crippen molar-refractivity contribution in [3.63, 3.8) is 0 Å². The maximum absolute atomic E-state index is 12.2. The largest absolute Gasteiger partial charge is 0.493 e. The molecule has 3 aromatic rings. The average molecular weight is 519 g/mol. The van der Waals surface area contributed by atoms with Gasteiger partial charge < -0.3 is 9.47 Å². The van der Waals surface area contributed by atoms with Crippen LogP contribution >= 0.6 is 27.5 Å². The average Bonchev–Trinajstić information content (AvgIpc) is 2.78. The van der Waals surface area contributed by atoms with Crippen LogP contribution in [-0.4, -0.2) is 24.2 Å². The van der Waals surface area contributed by atoms with Gasteiger partial charge in [-0.25, -0.2) is 5.43 Å². The zero-order chi connectivity index (χ0) is 23.1. The second kappa shape index (κ2) is 10.7. The van der Waals surface area contributed by atoms with Gasteiger partial charge in [-0.05, 0) is 63.5 Å². The number of non-ortho nitro benzene ring substituents is 1. The van der Waals surface area contributed by atoms with Crippen LogP contribution in [0.4, 0.5) is 5.69 Å². The molecule has 0 saturated heterocycles. The molecule has 0 aliphatic heterocycles. The molecule has 0 aliphatic rings. The summed E-state index contributed by atoms with van der Waals surface area (Å²) in [6.07, 6.45) is 1.46. The molecule has 3 aromatic carbocycles. The Balaban J connectivity index is 1.69. The number of nitrogens with one attached hydrogen (secondary N) is 1. The van der Waals surface area contributed by atoms with Crippen LogP contribution in [0, 0.1) is 10.1 Å². The first-order valence-electron chi connectivity index (χ1n) is 9.20. The third-order valence-corrected chi connectivity index (χ3v) is 5.20. The van der Waals surface area contributed by atoms with Crippen LogP contribution < -0.4 is 14.9 Å². The molecule has 32 heavy (non-hydrogen) atoms. The summed E-state index contributed by atoms with van der Waals surface area (Å²) in [6.45, 7) is 0.189. The summed E-state index contributed by atoms with van der Waals surface area (Å²) in [5.74, 6) is 0.476. The standard InChI is InChI=1S/C22H17BrClN3O5/c1-31-20-11-15(12-25-26-22(28)17-4-2-3-5-19(17)24)10-18(23)21(20)32-13-14-6-8-16(9-7-14)27(29)30/h2-12H,13H2,1H3,(H,26,28)/b25-12-. The highest BCUT2D eigenvalue weighted by molar-refractivity contribution is 9.10. The van der Waals surface area contributed by atoms with E-state index < -0.39 is 10.8 Å². The molecule has 1 N–H and O–H groups in total. The van der Waals surface area contributed by atoms with Crippen LogP contribution in [0.5, 0.6) is 11.5 Å². The number of carbonyl (C=O) groups excluding carboxylic acids is 1. The molecule has 0 heterocycles. The van der Waals surface area contributed by atoms with Crippen LogP contribution in [0.3, 0.4) is 0 Å². The number of benzene rings is 3. The molecule has 0 radical (unpaired) electrons. The molecule has 0 saturated carbocycles. The normalized spacial score (nSPS) is 10.7. The van der Waals surface area contributed by atoms with Crippen LogP contribution in [-0.2, 0) is 6.61 Å². The highest BCUT2D eigenvalue weighted by Gasteiger charge is 2.13. The van der Waals surface area contributed by atoms with E-state index >= 15 is 0 Å². The number of halogens is 2. The predicted molar refractivity (Wildman–Crippen MR) is 125 cm³/mol. The molecular weight excluding hydrogens is 502 g/mol. The number of nitro groups is 1. The number of amides is 1. The number of rotatable bonds is 8. The second-order valence-corrected chi connectivity index (χ2v) is 7.69. The Kier molecular flexibility index (Phi) is 7.80. The minimum atomic E-state index is -0.457. The third-order valence-electron chi connectivity index (χ3n) is 4.28. The van der Waals surface area contributed by atoms with Gasteiger partial charge in [0.05, 0.1) is 33.3 Å². The zero-order valence-corrected chi connectivity index (χ0v) is 19.1. The van der Waals surface area contributed by atoms with Gasteiger partial charge in [0, 0.05) is 12.1 Å². The summed E-state index contributed by atoms with van der Waals surface area (Å²) >= 11 is 9.46. The van der Waals surface area contributed by atoms with Crippen molar-refractivity contribution < 1.29 is 19.2 Å². The predicted octanol–water partition coefficient (Wildman–Crippen LogP) is 5.36. The van der Waals surface area contributed by atoms with E-state index in [4.69, 9.17) is 21.1 Å². The maximum atomic E-state index is 12.2. The van der Waals surface area contributed by atoms with Crippen molar-refractivity contribution in [1.29, 1.82) is 0 Å². The van der Waals surface area contributed by atoms with Crippen LogP contribution in [0.1, 0.15) is 21.5 Å². The zero-order valence-electron chi connectivity index (χ0n) is 16.7. The van der Waals surface area contributed by atoms with Crippen molar-refractivity contribution in [3.05, 3.63) is 97.0 Å². The molecular formula is C22H17BrClN3O5. The Bertz CT molecular complexity index is 1170. The molecule has 1 amide bonds. The molecule has 8 nitrogen and oxygen atoms in total. The van der Waals surface area contributed by atoms with E-state index in [2.05, 4.69) is 26.5 Å². The van der Waals surface area contributed by atoms with Gasteiger partial charge in [0.1, 0.15) is 6.61 Å². The van der Waals surface area contributed by atoms with Crippen LogP contribution in [0.15, 0.2) is 70.2 Å². The number of methoxy groups -OCH3 is 1. The SMILES string of the molecule is COc1cc(/C=N\NC(=O)c2ccccc2Cl)cc(Br)c1OCc1ccc([N+](=O)[O-])cc1. The number of hydrogen-bond acceptors (Lipinski definition) is 6. The number of nitro benzene ring substituents is 1. The molecule has 10 heteroatoms. The molecule has 0 aliphatic carbocycles. The van der Waals surface area contributed by atoms with E-state index in [0.717, 1.165) is 5.56 Å². The van der Waals surface area contributed by atoms with Gasteiger partial charge in [0.15, 0.2) is 11.5 Å². The lowest BCUT2D eigenvalue weighted by molar-refractivity contribution is -0.384. The number of carbonyl (C=O) groups is 1. The van der Waals surface area contributed by atoms with E-state index in [0.29, 0.717) is 32.1 Å². The summed E-state index contributed by atoms with van der Waals surface area (Å²) in [5.41, 5.74) is 4.17. The van der Waals surface area contributed by atoms with Gasteiger partial charge in [-0.15, -0.1) is 0 Å². The maximum Gasteiger partial charge on any atom is 0.272 e. The highest BCUT2D eigenvalue weighted by atomic mass is 79.9. The molecule has 0 atom stereocenters. The lowest BCUT2D eigenvalue weighted by Crippen LogP contribution is -2.17. The first-order chi connectivity index (χ1) is 15.4.